The largest absolute Gasteiger partial charge is 0.380 e. The van der Waals surface area contributed by atoms with E-state index < -0.39 is 0 Å². The van der Waals surface area contributed by atoms with E-state index in [2.05, 4.69) is 11.8 Å². The first-order chi connectivity index (χ1) is 6.33. The maximum Gasteiger partial charge on any atom is 0.148 e. The second-order valence-corrected chi connectivity index (χ2v) is 3.53. The van der Waals surface area contributed by atoms with Crippen LogP contribution in [0.15, 0.2) is 0 Å². The summed E-state index contributed by atoms with van der Waals surface area (Å²) in [6, 6.07) is 0. The van der Waals surface area contributed by atoms with E-state index in [9.17, 15) is 4.79 Å². The van der Waals surface area contributed by atoms with Gasteiger partial charge in [0.1, 0.15) is 5.78 Å². The summed E-state index contributed by atoms with van der Waals surface area (Å²) in [4.78, 5) is 13.1. The Morgan fingerprint density at radius 3 is 2.92 bits per heavy atom. The van der Waals surface area contributed by atoms with Crippen molar-refractivity contribution in [3.63, 3.8) is 0 Å². The molecule has 0 aromatic carbocycles. The molecule has 1 aliphatic heterocycles. The molecule has 3 nitrogen and oxygen atoms in total. The molecule has 0 radical (unpaired) electrons. The van der Waals surface area contributed by atoms with Crippen LogP contribution in [-0.4, -0.2) is 43.5 Å². The zero-order valence-electron chi connectivity index (χ0n) is 8.42. The minimum atomic E-state index is 0.369. The van der Waals surface area contributed by atoms with Crippen molar-refractivity contribution in [1.82, 2.24) is 4.90 Å². The summed E-state index contributed by atoms with van der Waals surface area (Å²) in [6.45, 7) is 6.26. The quantitative estimate of drug-likeness (QED) is 0.580. The summed E-state index contributed by atoms with van der Waals surface area (Å²) < 4.78 is 5.42. The molecule has 0 atom stereocenters. The number of likely N-dealkylation sites (tertiary alicyclic amines) is 1. The van der Waals surface area contributed by atoms with Crippen molar-refractivity contribution in [3.8, 4) is 0 Å². The minimum Gasteiger partial charge on any atom is -0.380 e. The molecule has 0 aromatic heterocycles. The highest BCUT2D eigenvalue weighted by molar-refractivity contribution is 5.82. The predicted molar refractivity (Wildman–Crippen MR) is 51.8 cm³/mol. The molecule has 0 aliphatic carbocycles. The van der Waals surface area contributed by atoms with Crippen molar-refractivity contribution in [2.75, 3.05) is 32.8 Å². The number of carbonyl (C=O) groups excluding carboxylic acids is 1. The first kappa shape index (κ1) is 10.7. The molecule has 0 spiro atoms. The van der Waals surface area contributed by atoms with E-state index in [-0.39, 0.29) is 0 Å². The minimum absolute atomic E-state index is 0.369. The molecule has 1 fully saturated rings. The summed E-state index contributed by atoms with van der Waals surface area (Å²) in [7, 11) is 0. The van der Waals surface area contributed by atoms with Gasteiger partial charge in [-0.15, -0.1) is 0 Å². The second kappa shape index (κ2) is 6.11. The van der Waals surface area contributed by atoms with Gasteiger partial charge >= 0.3 is 0 Å². The molecule has 0 aromatic rings. The number of carbonyl (C=O) groups is 1. The van der Waals surface area contributed by atoms with Crippen molar-refractivity contribution in [2.45, 2.75) is 26.2 Å². The number of ether oxygens (including phenoxy) is 1. The van der Waals surface area contributed by atoms with Gasteiger partial charge in [-0.2, -0.15) is 0 Å². The van der Waals surface area contributed by atoms with E-state index in [0.29, 0.717) is 12.3 Å². The lowest BCUT2D eigenvalue weighted by molar-refractivity contribution is -0.116. The Kier molecular flexibility index (Phi) is 5.01. The van der Waals surface area contributed by atoms with Crippen LogP contribution in [0.25, 0.3) is 0 Å². The standard InChI is InChI=1S/C10H19NO2/c1-2-3-7-13-8-6-11-5-4-10(12)9-11/h2-9H2,1H3. The van der Waals surface area contributed by atoms with Crippen molar-refractivity contribution in [2.24, 2.45) is 0 Å². The van der Waals surface area contributed by atoms with Crippen LogP contribution in [0.1, 0.15) is 26.2 Å². The lowest BCUT2D eigenvalue weighted by atomic mass is 10.4. The summed E-state index contributed by atoms with van der Waals surface area (Å²) in [6.07, 6.45) is 3.05. The molecule has 1 heterocycles. The molecular formula is C10H19NO2. The van der Waals surface area contributed by atoms with Gasteiger partial charge in [0.2, 0.25) is 0 Å². The van der Waals surface area contributed by atoms with Crippen LogP contribution < -0.4 is 0 Å². The Morgan fingerprint density at radius 1 is 1.46 bits per heavy atom. The van der Waals surface area contributed by atoms with Gasteiger partial charge in [0, 0.05) is 26.1 Å². The fourth-order valence-electron chi connectivity index (χ4n) is 1.42. The van der Waals surface area contributed by atoms with Gasteiger partial charge in [-0.1, -0.05) is 13.3 Å². The Morgan fingerprint density at radius 2 is 2.31 bits per heavy atom. The average Bonchev–Trinajstić information content (AvgIpc) is 2.51. The van der Waals surface area contributed by atoms with Gasteiger partial charge in [-0.3, -0.25) is 9.69 Å². The molecule has 3 heteroatoms. The maximum atomic E-state index is 10.9. The molecule has 0 saturated carbocycles. The van der Waals surface area contributed by atoms with E-state index in [1.54, 1.807) is 0 Å². The van der Waals surface area contributed by atoms with Crippen LogP contribution in [0.4, 0.5) is 0 Å². The van der Waals surface area contributed by atoms with Crippen LogP contribution in [-0.2, 0) is 9.53 Å². The van der Waals surface area contributed by atoms with Crippen molar-refractivity contribution in [1.29, 1.82) is 0 Å². The first-order valence-corrected chi connectivity index (χ1v) is 5.14. The van der Waals surface area contributed by atoms with E-state index in [1.807, 2.05) is 0 Å². The molecule has 1 aliphatic rings. The van der Waals surface area contributed by atoms with Gasteiger partial charge in [0.05, 0.1) is 13.2 Å². The SMILES string of the molecule is CCCCOCCN1CCC(=O)C1. The van der Waals surface area contributed by atoms with Gasteiger partial charge < -0.3 is 4.74 Å². The number of Topliss-reactive ketones (excluding diaryl/α,β-unsaturated/α-hetero) is 1. The van der Waals surface area contributed by atoms with Crippen LogP contribution in [0.2, 0.25) is 0 Å². The first-order valence-electron chi connectivity index (χ1n) is 5.14. The third kappa shape index (κ3) is 4.39. The monoisotopic (exact) mass is 185 g/mol. The zero-order valence-corrected chi connectivity index (χ0v) is 8.42. The number of ketones is 1. The summed E-state index contributed by atoms with van der Waals surface area (Å²) >= 11 is 0. The summed E-state index contributed by atoms with van der Waals surface area (Å²) in [5.74, 6) is 0.369. The lowest BCUT2D eigenvalue weighted by Crippen LogP contribution is -2.25. The molecule has 0 unspecified atom stereocenters. The third-order valence-electron chi connectivity index (χ3n) is 2.30. The number of rotatable bonds is 6. The average molecular weight is 185 g/mol. The predicted octanol–water partition coefficient (Wildman–Crippen LogP) is 1.08. The third-order valence-corrected chi connectivity index (χ3v) is 2.30. The summed E-state index contributed by atoms with van der Waals surface area (Å²) in [5, 5.41) is 0. The smallest absolute Gasteiger partial charge is 0.148 e. The van der Waals surface area contributed by atoms with Crippen LogP contribution in [0.5, 0.6) is 0 Å². The molecule has 76 valence electrons. The van der Waals surface area contributed by atoms with Crippen LogP contribution >= 0.6 is 0 Å². The highest BCUT2D eigenvalue weighted by Crippen LogP contribution is 2.02. The van der Waals surface area contributed by atoms with Crippen molar-refractivity contribution in [3.05, 3.63) is 0 Å². The zero-order chi connectivity index (χ0) is 9.52. The van der Waals surface area contributed by atoms with E-state index in [4.69, 9.17) is 4.74 Å². The number of hydrogen-bond acceptors (Lipinski definition) is 3. The number of nitrogens with zero attached hydrogens (tertiary/aromatic N) is 1. The van der Waals surface area contributed by atoms with Gasteiger partial charge in [0.15, 0.2) is 0 Å². The van der Waals surface area contributed by atoms with E-state index in [0.717, 1.165) is 39.1 Å². The van der Waals surface area contributed by atoms with E-state index in [1.165, 1.54) is 6.42 Å². The number of unbranched alkanes of at least 4 members (excludes halogenated alkanes) is 1. The molecule has 13 heavy (non-hydrogen) atoms. The van der Waals surface area contributed by atoms with Gasteiger partial charge in [-0.05, 0) is 6.42 Å². The van der Waals surface area contributed by atoms with Crippen molar-refractivity contribution < 1.29 is 9.53 Å². The molecule has 0 bridgehead atoms. The van der Waals surface area contributed by atoms with Crippen LogP contribution in [0, 0.1) is 0 Å². The Labute approximate surface area is 80.1 Å². The molecule has 1 rings (SSSR count). The highest BCUT2D eigenvalue weighted by Gasteiger charge is 2.17. The fourth-order valence-corrected chi connectivity index (χ4v) is 1.42. The second-order valence-electron chi connectivity index (χ2n) is 3.53. The fraction of sp³-hybridized carbons (Fsp3) is 0.900. The van der Waals surface area contributed by atoms with Crippen molar-refractivity contribution >= 4 is 5.78 Å². The van der Waals surface area contributed by atoms with E-state index >= 15 is 0 Å². The summed E-state index contributed by atoms with van der Waals surface area (Å²) in [5.41, 5.74) is 0. The molecule has 0 N–H and O–H groups in total. The normalized spacial score (nSPS) is 18.4. The maximum absolute atomic E-state index is 10.9. The Hall–Kier alpha value is -0.410. The Balaban J connectivity index is 1.91. The lowest BCUT2D eigenvalue weighted by Gasteiger charge is -2.12. The van der Waals surface area contributed by atoms with Gasteiger partial charge in [0.25, 0.3) is 0 Å². The molecule has 0 amide bonds. The molecule has 1 saturated heterocycles. The highest BCUT2D eigenvalue weighted by atomic mass is 16.5. The topological polar surface area (TPSA) is 29.5 Å². The Bertz CT molecular complexity index is 159. The van der Waals surface area contributed by atoms with Gasteiger partial charge in [-0.25, -0.2) is 0 Å². The number of hydrogen-bond donors (Lipinski definition) is 0. The van der Waals surface area contributed by atoms with Crippen LogP contribution in [0.3, 0.4) is 0 Å². The molecular weight excluding hydrogens is 166 g/mol.